The summed E-state index contributed by atoms with van der Waals surface area (Å²) in [6.45, 7) is 2.11. The van der Waals surface area contributed by atoms with Gasteiger partial charge in [0.15, 0.2) is 0 Å². The number of rotatable bonds is 6. The highest BCUT2D eigenvalue weighted by Gasteiger charge is 2.11. The van der Waals surface area contributed by atoms with Gasteiger partial charge in [0, 0.05) is 26.6 Å². The van der Waals surface area contributed by atoms with Gasteiger partial charge >= 0.3 is 0 Å². The van der Waals surface area contributed by atoms with Crippen molar-refractivity contribution >= 4 is 11.9 Å². The van der Waals surface area contributed by atoms with E-state index in [-0.39, 0.29) is 12.0 Å². The first-order chi connectivity index (χ1) is 8.06. The summed E-state index contributed by atoms with van der Waals surface area (Å²) >= 11 is 0. The largest absolute Gasteiger partial charge is 0.368 e. The molecule has 1 aromatic heterocycles. The Hall–Kier alpha value is -1.47. The lowest BCUT2D eigenvalue weighted by Gasteiger charge is -2.15. The number of nitrogens with zero attached hydrogens (tertiary/aromatic N) is 4. The Balaban J connectivity index is 2.82. The molecule has 0 amide bonds. The van der Waals surface area contributed by atoms with Gasteiger partial charge in [-0.1, -0.05) is 13.3 Å². The molecule has 96 valence electrons. The molecule has 0 saturated heterocycles. The zero-order chi connectivity index (χ0) is 12.8. The molecule has 0 radical (unpaired) electrons. The third-order valence-corrected chi connectivity index (χ3v) is 2.39. The summed E-state index contributed by atoms with van der Waals surface area (Å²) < 4.78 is 0. The third-order valence-electron chi connectivity index (χ3n) is 2.39. The van der Waals surface area contributed by atoms with Crippen molar-refractivity contribution in [1.82, 2.24) is 20.4 Å². The topological polar surface area (TPSA) is 106 Å². The van der Waals surface area contributed by atoms with Gasteiger partial charge in [0.05, 0.1) is 0 Å². The first-order valence-electron chi connectivity index (χ1n) is 5.70. The summed E-state index contributed by atoms with van der Waals surface area (Å²) in [7, 11) is 3.73. The number of anilines is 2. The van der Waals surface area contributed by atoms with Gasteiger partial charge in [0.1, 0.15) is 5.82 Å². The van der Waals surface area contributed by atoms with Gasteiger partial charge in [0.2, 0.25) is 11.9 Å². The SMILES string of the molecule is CCCC(Cc1nc(N)nc(N(C)C)n1)NN. The number of nitrogens with one attached hydrogen (secondary N) is 1. The van der Waals surface area contributed by atoms with Gasteiger partial charge in [-0.05, 0) is 6.42 Å². The molecule has 0 aliphatic heterocycles. The minimum absolute atomic E-state index is 0.164. The second kappa shape index (κ2) is 6.31. The van der Waals surface area contributed by atoms with E-state index in [1.807, 2.05) is 14.1 Å². The van der Waals surface area contributed by atoms with Crippen LogP contribution in [0, 0.1) is 0 Å². The van der Waals surface area contributed by atoms with Gasteiger partial charge in [0.25, 0.3) is 0 Å². The number of hydrazine groups is 1. The summed E-state index contributed by atoms with van der Waals surface area (Å²) in [6, 6.07) is 0.164. The second-order valence-corrected chi connectivity index (χ2v) is 4.16. The number of hydrogen-bond acceptors (Lipinski definition) is 7. The highest BCUT2D eigenvalue weighted by molar-refractivity contribution is 5.32. The van der Waals surface area contributed by atoms with Crippen LogP contribution in [0.1, 0.15) is 25.6 Å². The van der Waals surface area contributed by atoms with Crippen molar-refractivity contribution in [2.75, 3.05) is 24.7 Å². The Bertz CT molecular complexity index is 353. The van der Waals surface area contributed by atoms with Gasteiger partial charge in [-0.2, -0.15) is 15.0 Å². The molecule has 0 spiro atoms. The van der Waals surface area contributed by atoms with Crippen LogP contribution < -0.4 is 21.9 Å². The molecule has 1 heterocycles. The Labute approximate surface area is 102 Å². The van der Waals surface area contributed by atoms with E-state index < -0.39 is 0 Å². The van der Waals surface area contributed by atoms with Crippen LogP contribution in [-0.2, 0) is 6.42 Å². The van der Waals surface area contributed by atoms with Crippen molar-refractivity contribution in [3.63, 3.8) is 0 Å². The lowest BCUT2D eigenvalue weighted by molar-refractivity contribution is 0.476. The summed E-state index contributed by atoms with van der Waals surface area (Å²) in [5, 5.41) is 0. The van der Waals surface area contributed by atoms with E-state index in [0.717, 1.165) is 12.8 Å². The van der Waals surface area contributed by atoms with Crippen molar-refractivity contribution < 1.29 is 0 Å². The first kappa shape index (κ1) is 13.6. The van der Waals surface area contributed by atoms with Crippen LogP contribution >= 0.6 is 0 Å². The Morgan fingerprint density at radius 1 is 1.29 bits per heavy atom. The molecule has 0 aliphatic rings. The van der Waals surface area contributed by atoms with Gasteiger partial charge in [-0.15, -0.1) is 0 Å². The fraction of sp³-hybridized carbons (Fsp3) is 0.700. The van der Waals surface area contributed by atoms with Crippen LogP contribution in [0.15, 0.2) is 0 Å². The number of hydrogen-bond donors (Lipinski definition) is 3. The monoisotopic (exact) mass is 239 g/mol. The first-order valence-corrected chi connectivity index (χ1v) is 5.70. The second-order valence-electron chi connectivity index (χ2n) is 4.16. The van der Waals surface area contributed by atoms with E-state index in [2.05, 4.69) is 27.3 Å². The smallest absolute Gasteiger partial charge is 0.229 e. The van der Waals surface area contributed by atoms with Gasteiger partial charge < -0.3 is 10.6 Å². The van der Waals surface area contributed by atoms with Crippen molar-refractivity contribution in [3.05, 3.63) is 5.82 Å². The van der Waals surface area contributed by atoms with E-state index in [1.165, 1.54) is 0 Å². The van der Waals surface area contributed by atoms with Crippen LogP contribution in [0.2, 0.25) is 0 Å². The molecule has 0 aromatic carbocycles. The molecule has 0 bridgehead atoms. The minimum atomic E-state index is 0.164. The zero-order valence-electron chi connectivity index (χ0n) is 10.6. The lowest BCUT2D eigenvalue weighted by atomic mass is 10.1. The van der Waals surface area contributed by atoms with Crippen LogP contribution in [-0.4, -0.2) is 35.1 Å². The predicted octanol–water partition coefficient (Wildman–Crippen LogP) is -0.306. The Kier molecular flexibility index (Phi) is 5.05. The van der Waals surface area contributed by atoms with Crippen molar-refractivity contribution in [2.24, 2.45) is 5.84 Å². The normalized spacial score (nSPS) is 12.5. The molecule has 1 atom stereocenters. The number of nitrogens with two attached hydrogens (primary N) is 2. The molecular weight excluding hydrogens is 218 g/mol. The highest BCUT2D eigenvalue weighted by atomic mass is 15.3. The molecule has 5 N–H and O–H groups in total. The van der Waals surface area contributed by atoms with Gasteiger partial charge in [-0.3, -0.25) is 11.3 Å². The van der Waals surface area contributed by atoms with E-state index in [1.54, 1.807) is 4.90 Å². The van der Waals surface area contributed by atoms with Crippen molar-refractivity contribution in [2.45, 2.75) is 32.2 Å². The maximum Gasteiger partial charge on any atom is 0.229 e. The number of nitrogen functional groups attached to an aromatic ring is 1. The molecule has 7 heteroatoms. The van der Waals surface area contributed by atoms with Crippen molar-refractivity contribution in [1.29, 1.82) is 0 Å². The minimum Gasteiger partial charge on any atom is -0.368 e. The molecule has 1 rings (SSSR count). The van der Waals surface area contributed by atoms with Crippen LogP contribution in [0.5, 0.6) is 0 Å². The third kappa shape index (κ3) is 4.12. The van der Waals surface area contributed by atoms with Crippen LogP contribution in [0.25, 0.3) is 0 Å². The summed E-state index contributed by atoms with van der Waals surface area (Å²) in [6.07, 6.45) is 2.67. The van der Waals surface area contributed by atoms with Crippen LogP contribution in [0.4, 0.5) is 11.9 Å². The molecule has 1 aromatic rings. The number of aromatic nitrogens is 3. The standard InChI is InChI=1S/C10H21N7/c1-4-5-7(16-12)6-8-13-9(11)15-10(14-8)17(2)3/h7,16H,4-6,12H2,1-3H3,(H2,11,13,14,15). The average Bonchev–Trinajstić information content (AvgIpc) is 2.27. The quantitative estimate of drug-likeness (QED) is 0.462. The van der Waals surface area contributed by atoms with E-state index in [4.69, 9.17) is 11.6 Å². The summed E-state index contributed by atoms with van der Waals surface area (Å²) in [5.74, 6) is 6.96. The molecule has 0 fully saturated rings. The molecular formula is C10H21N7. The predicted molar refractivity (Wildman–Crippen MR) is 68.3 cm³/mol. The highest BCUT2D eigenvalue weighted by Crippen LogP contribution is 2.09. The molecule has 0 aliphatic carbocycles. The fourth-order valence-corrected chi connectivity index (χ4v) is 1.53. The molecule has 1 unspecified atom stereocenters. The van der Waals surface area contributed by atoms with E-state index >= 15 is 0 Å². The van der Waals surface area contributed by atoms with Gasteiger partial charge in [-0.25, -0.2) is 0 Å². The van der Waals surface area contributed by atoms with Crippen LogP contribution in [0.3, 0.4) is 0 Å². The van der Waals surface area contributed by atoms with Crippen molar-refractivity contribution in [3.8, 4) is 0 Å². The Morgan fingerprint density at radius 3 is 2.53 bits per heavy atom. The molecule has 0 saturated carbocycles. The lowest BCUT2D eigenvalue weighted by Crippen LogP contribution is -2.37. The molecule has 7 nitrogen and oxygen atoms in total. The average molecular weight is 239 g/mol. The van der Waals surface area contributed by atoms with E-state index in [0.29, 0.717) is 18.2 Å². The maximum absolute atomic E-state index is 5.65. The fourth-order valence-electron chi connectivity index (χ4n) is 1.53. The van der Waals surface area contributed by atoms with E-state index in [9.17, 15) is 0 Å². The Morgan fingerprint density at radius 2 is 2.00 bits per heavy atom. The summed E-state index contributed by atoms with van der Waals surface area (Å²) in [5.41, 5.74) is 8.41. The summed E-state index contributed by atoms with van der Waals surface area (Å²) in [4.78, 5) is 14.3. The molecule has 17 heavy (non-hydrogen) atoms. The zero-order valence-corrected chi connectivity index (χ0v) is 10.6. The maximum atomic E-state index is 5.65.